The minimum Gasteiger partial charge on any atom is -0.384 e. The summed E-state index contributed by atoms with van der Waals surface area (Å²) in [5.41, 5.74) is 0.776. The first-order valence-electron chi connectivity index (χ1n) is 6.54. The summed E-state index contributed by atoms with van der Waals surface area (Å²) in [5.74, 6) is 4.61. The smallest absolute Gasteiger partial charge is 0.255 e. The fourth-order valence-corrected chi connectivity index (χ4v) is 1.68. The lowest BCUT2D eigenvalue weighted by Crippen LogP contribution is -2.41. The van der Waals surface area contributed by atoms with E-state index in [1.54, 1.807) is 13.1 Å². The molecule has 2 N–H and O–H groups in total. The molecule has 0 saturated carbocycles. The number of carbonyl (C=O) groups excluding carboxylic acids is 2. The first-order chi connectivity index (χ1) is 9.95. The topological polar surface area (TPSA) is 82.5 Å². The summed E-state index contributed by atoms with van der Waals surface area (Å²) in [5, 5.41) is 11.4. The van der Waals surface area contributed by atoms with Crippen LogP contribution >= 0.6 is 0 Å². The number of rotatable bonds is 4. The predicted molar refractivity (Wildman–Crippen MR) is 78.4 cm³/mol. The second-order valence-electron chi connectivity index (χ2n) is 4.76. The number of carbonyl (C=O) groups is 2. The molecule has 0 aliphatic rings. The minimum absolute atomic E-state index is 0.0212. The molecule has 0 aliphatic heterocycles. The molecule has 0 bridgehead atoms. The van der Waals surface area contributed by atoms with Crippen molar-refractivity contribution in [2.75, 3.05) is 20.2 Å². The van der Waals surface area contributed by atoms with E-state index >= 15 is 0 Å². The van der Waals surface area contributed by atoms with Gasteiger partial charge in [0.25, 0.3) is 5.91 Å². The van der Waals surface area contributed by atoms with E-state index in [-0.39, 0.29) is 31.0 Å². The summed E-state index contributed by atoms with van der Waals surface area (Å²) in [4.78, 5) is 29.2. The highest BCUT2D eigenvalue weighted by molar-refractivity contribution is 5.98. The number of aliphatic hydroxyl groups excluding tert-OH is 1. The molecular weight excluding hydrogens is 270 g/mol. The Labute approximate surface area is 124 Å². The Morgan fingerprint density at radius 3 is 2.81 bits per heavy atom. The monoisotopic (exact) mass is 289 g/mol. The Morgan fingerprint density at radius 1 is 1.48 bits per heavy atom. The zero-order valence-electron chi connectivity index (χ0n) is 12.4. The largest absolute Gasteiger partial charge is 0.384 e. The van der Waals surface area contributed by atoms with Crippen LogP contribution in [0.2, 0.25) is 0 Å². The number of aliphatic hydroxyl groups is 1. The second kappa shape index (κ2) is 8.02. The lowest BCUT2D eigenvalue weighted by molar-refractivity contribution is -0.122. The molecule has 0 unspecified atom stereocenters. The van der Waals surface area contributed by atoms with Gasteiger partial charge in [-0.3, -0.25) is 14.6 Å². The van der Waals surface area contributed by atoms with Gasteiger partial charge in [0.1, 0.15) is 6.61 Å². The van der Waals surface area contributed by atoms with Gasteiger partial charge in [0, 0.05) is 25.5 Å². The molecule has 112 valence electrons. The maximum Gasteiger partial charge on any atom is 0.255 e. The van der Waals surface area contributed by atoms with Crippen molar-refractivity contribution >= 4 is 11.8 Å². The standard InChI is InChI=1S/C15H19N3O3/c1-11(2)17-14(20)10-18(3)15(21)13-6-7-16-9-12(13)5-4-8-19/h6-7,9,11,19H,8,10H2,1-3H3,(H,17,20). The maximum absolute atomic E-state index is 12.3. The molecule has 6 nitrogen and oxygen atoms in total. The Kier molecular flexibility index (Phi) is 6.37. The Balaban J connectivity index is 2.86. The van der Waals surface area contributed by atoms with Crippen molar-refractivity contribution in [2.24, 2.45) is 0 Å². The highest BCUT2D eigenvalue weighted by atomic mass is 16.2. The number of nitrogens with zero attached hydrogens (tertiary/aromatic N) is 2. The van der Waals surface area contributed by atoms with Gasteiger partial charge in [0.15, 0.2) is 0 Å². The Morgan fingerprint density at radius 2 is 2.19 bits per heavy atom. The fraction of sp³-hybridized carbons (Fsp3) is 0.400. The van der Waals surface area contributed by atoms with E-state index in [4.69, 9.17) is 5.11 Å². The minimum atomic E-state index is -0.321. The van der Waals surface area contributed by atoms with Crippen molar-refractivity contribution in [1.29, 1.82) is 0 Å². The third-order valence-electron chi connectivity index (χ3n) is 2.53. The van der Waals surface area contributed by atoms with Crippen molar-refractivity contribution < 1.29 is 14.7 Å². The zero-order valence-corrected chi connectivity index (χ0v) is 12.4. The number of pyridine rings is 1. The van der Waals surface area contributed by atoms with Crippen LogP contribution < -0.4 is 5.32 Å². The third-order valence-corrected chi connectivity index (χ3v) is 2.53. The van der Waals surface area contributed by atoms with Gasteiger partial charge >= 0.3 is 0 Å². The summed E-state index contributed by atoms with van der Waals surface area (Å²) in [6.45, 7) is 3.37. The molecule has 0 saturated heterocycles. The molecule has 1 aromatic rings. The highest BCUT2D eigenvalue weighted by Crippen LogP contribution is 2.08. The molecule has 0 aliphatic carbocycles. The molecule has 1 rings (SSSR count). The summed E-state index contributed by atoms with van der Waals surface area (Å²) in [6.07, 6.45) is 2.94. The van der Waals surface area contributed by atoms with E-state index in [1.807, 2.05) is 13.8 Å². The molecule has 2 amide bonds. The Bertz CT molecular complexity index is 573. The van der Waals surface area contributed by atoms with E-state index in [0.717, 1.165) is 0 Å². The highest BCUT2D eigenvalue weighted by Gasteiger charge is 2.17. The van der Waals surface area contributed by atoms with Crippen LogP contribution in [-0.4, -0.2) is 53.0 Å². The lowest BCUT2D eigenvalue weighted by atomic mass is 10.1. The summed E-state index contributed by atoms with van der Waals surface area (Å²) in [7, 11) is 1.55. The number of amides is 2. The van der Waals surface area contributed by atoms with Crippen LogP contribution in [0.15, 0.2) is 18.5 Å². The number of nitrogens with one attached hydrogen (secondary N) is 1. The molecule has 1 heterocycles. The molecule has 0 aromatic carbocycles. The van der Waals surface area contributed by atoms with Gasteiger partial charge in [-0.1, -0.05) is 11.8 Å². The van der Waals surface area contributed by atoms with Crippen LogP contribution in [0.4, 0.5) is 0 Å². The van der Waals surface area contributed by atoms with Gasteiger partial charge in [-0.05, 0) is 19.9 Å². The maximum atomic E-state index is 12.3. The van der Waals surface area contributed by atoms with Crippen molar-refractivity contribution in [3.05, 3.63) is 29.6 Å². The normalized spacial score (nSPS) is 9.76. The number of hydrogen-bond donors (Lipinski definition) is 2. The molecule has 21 heavy (non-hydrogen) atoms. The number of hydrogen-bond acceptors (Lipinski definition) is 4. The molecule has 0 radical (unpaired) electrons. The van der Waals surface area contributed by atoms with E-state index in [0.29, 0.717) is 11.1 Å². The summed E-state index contributed by atoms with van der Waals surface area (Å²) < 4.78 is 0. The van der Waals surface area contributed by atoms with E-state index < -0.39 is 0 Å². The molecular formula is C15H19N3O3. The van der Waals surface area contributed by atoms with Crippen LogP contribution in [0, 0.1) is 11.8 Å². The first kappa shape index (κ1) is 16.7. The van der Waals surface area contributed by atoms with Crippen molar-refractivity contribution in [1.82, 2.24) is 15.2 Å². The van der Waals surface area contributed by atoms with Crippen LogP contribution in [0.5, 0.6) is 0 Å². The van der Waals surface area contributed by atoms with Gasteiger partial charge < -0.3 is 15.3 Å². The van der Waals surface area contributed by atoms with Crippen molar-refractivity contribution in [3.8, 4) is 11.8 Å². The van der Waals surface area contributed by atoms with Gasteiger partial charge in [-0.25, -0.2) is 0 Å². The molecule has 1 aromatic heterocycles. The van der Waals surface area contributed by atoms with Gasteiger partial charge in [0.2, 0.25) is 5.91 Å². The van der Waals surface area contributed by atoms with E-state index in [9.17, 15) is 9.59 Å². The van der Waals surface area contributed by atoms with E-state index in [2.05, 4.69) is 22.1 Å². The number of likely N-dealkylation sites (N-methyl/N-ethyl adjacent to an activating group) is 1. The second-order valence-corrected chi connectivity index (χ2v) is 4.76. The molecule has 0 spiro atoms. The van der Waals surface area contributed by atoms with Crippen molar-refractivity contribution in [3.63, 3.8) is 0 Å². The van der Waals surface area contributed by atoms with Crippen LogP contribution in [-0.2, 0) is 4.79 Å². The van der Waals surface area contributed by atoms with Gasteiger partial charge in [0.05, 0.1) is 17.7 Å². The van der Waals surface area contributed by atoms with Gasteiger partial charge in [-0.2, -0.15) is 0 Å². The molecule has 0 fully saturated rings. The van der Waals surface area contributed by atoms with Crippen LogP contribution in [0.3, 0.4) is 0 Å². The predicted octanol–water partition coefficient (Wildman–Crippen LogP) is 0.0220. The van der Waals surface area contributed by atoms with Crippen LogP contribution in [0.25, 0.3) is 0 Å². The lowest BCUT2D eigenvalue weighted by Gasteiger charge is -2.18. The SMILES string of the molecule is CC(C)NC(=O)CN(C)C(=O)c1ccncc1C#CCO. The fourth-order valence-electron chi connectivity index (χ4n) is 1.68. The first-order valence-corrected chi connectivity index (χ1v) is 6.54. The summed E-state index contributed by atoms with van der Waals surface area (Å²) in [6, 6.07) is 1.56. The van der Waals surface area contributed by atoms with Gasteiger partial charge in [-0.15, -0.1) is 0 Å². The zero-order chi connectivity index (χ0) is 15.8. The van der Waals surface area contributed by atoms with Crippen molar-refractivity contribution in [2.45, 2.75) is 19.9 Å². The average molecular weight is 289 g/mol. The van der Waals surface area contributed by atoms with E-state index in [1.165, 1.54) is 17.3 Å². The third kappa shape index (κ3) is 5.24. The molecule has 0 atom stereocenters. The Hall–Kier alpha value is -2.39. The number of aromatic nitrogens is 1. The summed E-state index contributed by atoms with van der Waals surface area (Å²) >= 11 is 0. The van der Waals surface area contributed by atoms with Crippen LogP contribution in [0.1, 0.15) is 29.8 Å². The average Bonchev–Trinajstić information content (AvgIpc) is 2.43. The quantitative estimate of drug-likeness (QED) is 0.766. The molecule has 6 heteroatoms.